The zero-order chi connectivity index (χ0) is 18.8. The van der Waals surface area contributed by atoms with Crippen LogP contribution < -0.4 is 10.6 Å². The number of halogens is 4. The first-order valence-electron chi connectivity index (χ1n) is 7.28. The summed E-state index contributed by atoms with van der Waals surface area (Å²) in [4.78, 5) is 11.8. The van der Waals surface area contributed by atoms with Crippen LogP contribution >= 0.6 is 12.2 Å². The van der Waals surface area contributed by atoms with E-state index in [1.54, 1.807) is 19.9 Å². The van der Waals surface area contributed by atoms with Crippen LogP contribution in [0.4, 0.5) is 23.2 Å². The Morgan fingerprint density at radius 3 is 2.72 bits per heavy atom. The molecule has 2 N–H and O–H groups in total. The van der Waals surface area contributed by atoms with E-state index >= 15 is 0 Å². The van der Waals surface area contributed by atoms with Gasteiger partial charge in [-0.3, -0.25) is 4.79 Å². The third kappa shape index (κ3) is 5.79. The van der Waals surface area contributed by atoms with Crippen LogP contribution in [0.15, 0.2) is 24.3 Å². The third-order valence-corrected chi connectivity index (χ3v) is 3.46. The second-order valence-corrected chi connectivity index (χ2v) is 6.53. The van der Waals surface area contributed by atoms with Crippen LogP contribution in [0.3, 0.4) is 0 Å². The van der Waals surface area contributed by atoms with E-state index in [4.69, 9.17) is 17.0 Å². The van der Waals surface area contributed by atoms with Gasteiger partial charge in [0.25, 0.3) is 0 Å². The van der Waals surface area contributed by atoms with Crippen LogP contribution in [0, 0.1) is 5.82 Å². The molecule has 0 aliphatic carbocycles. The van der Waals surface area contributed by atoms with E-state index in [0.29, 0.717) is 10.7 Å². The van der Waals surface area contributed by atoms with E-state index in [1.807, 2.05) is 0 Å². The molecular weight excluding hydrogens is 360 g/mol. The molecule has 0 saturated heterocycles. The monoisotopic (exact) mass is 376 g/mol. The molecule has 0 fully saturated rings. The van der Waals surface area contributed by atoms with Gasteiger partial charge in [0.15, 0.2) is 0 Å². The van der Waals surface area contributed by atoms with Gasteiger partial charge in [0.1, 0.15) is 17.2 Å². The number of amides is 1. The van der Waals surface area contributed by atoms with Crippen molar-refractivity contribution in [1.29, 1.82) is 0 Å². The highest BCUT2D eigenvalue weighted by Crippen LogP contribution is 2.27. The number of nitrogens with one attached hydrogen (secondary N) is 2. The van der Waals surface area contributed by atoms with Crippen molar-refractivity contribution in [2.45, 2.75) is 32.0 Å². The Balaban J connectivity index is 2.31. The molecule has 1 amide bonds. The largest absolute Gasteiger partial charge is 0.397 e. The quantitative estimate of drug-likeness (QED) is 0.623. The number of hydrogen-bond donors (Lipinski definition) is 2. The molecule has 4 nitrogen and oxygen atoms in total. The molecule has 1 aliphatic rings. The first kappa shape index (κ1) is 19.3. The lowest BCUT2D eigenvalue weighted by atomic mass is 10.0. The maximum atomic E-state index is 14.2. The average molecular weight is 376 g/mol. The standard InChI is InChI=1S/C16H16F4N2O2S/c1-15(2)6-12(22-14(25)8-24-15)10-5-9(3-4-11(10)17)21-13(23)7-16(18,19)20/h3-6H,7-8H2,1-2H3,(H,21,23)(H,22,25). The number of carbonyl (C=O) groups is 1. The SMILES string of the molecule is CC1(C)C=C(c2cc(NC(=O)CC(F)(F)F)ccc2F)NC(=S)CO1. The molecule has 0 spiro atoms. The molecule has 25 heavy (non-hydrogen) atoms. The van der Waals surface area contributed by atoms with Crippen LogP contribution in [-0.4, -0.2) is 29.3 Å². The molecule has 0 aromatic heterocycles. The molecule has 1 aliphatic heterocycles. The van der Waals surface area contributed by atoms with E-state index in [0.717, 1.165) is 6.07 Å². The van der Waals surface area contributed by atoms with Gasteiger partial charge in [-0.15, -0.1) is 0 Å². The lowest BCUT2D eigenvalue weighted by Gasteiger charge is -2.19. The van der Waals surface area contributed by atoms with Crippen molar-refractivity contribution in [3.05, 3.63) is 35.7 Å². The van der Waals surface area contributed by atoms with Gasteiger partial charge in [-0.2, -0.15) is 13.2 Å². The first-order valence-corrected chi connectivity index (χ1v) is 7.69. The summed E-state index contributed by atoms with van der Waals surface area (Å²) < 4.78 is 56.5. The summed E-state index contributed by atoms with van der Waals surface area (Å²) in [5.41, 5.74) is -0.310. The summed E-state index contributed by atoms with van der Waals surface area (Å²) in [6.07, 6.45) is -4.62. The van der Waals surface area contributed by atoms with Crippen LogP contribution in [0.5, 0.6) is 0 Å². The van der Waals surface area contributed by atoms with Crippen molar-refractivity contribution >= 4 is 34.5 Å². The second kappa shape index (κ2) is 7.09. The minimum absolute atomic E-state index is 0.0437. The highest BCUT2D eigenvalue weighted by Gasteiger charge is 2.31. The Bertz CT molecular complexity index is 729. The predicted octanol–water partition coefficient (Wildman–Crippen LogP) is 3.78. The Labute approximate surface area is 147 Å². The van der Waals surface area contributed by atoms with Gasteiger partial charge in [0.05, 0.1) is 12.2 Å². The van der Waals surface area contributed by atoms with Gasteiger partial charge in [-0.1, -0.05) is 12.2 Å². The van der Waals surface area contributed by atoms with Crippen LogP contribution in [0.1, 0.15) is 25.8 Å². The molecule has 1 aromatic rings. The Kier molecular flexibility index (Phi) is 5.48. The van der Waals surface area contributed by atoms with Crippen molar-refractivity contribution in [3.8, 4) is 0 Å². The Morgan fingerprint density at radius 2 is 2.08 bits per heavy atom. The molecule has 0 atom stereocenters. The maximum Gasteiger partial charge on any atom is 0.397 e. The summed E-state index contributed by atoms with van der Waals surface area (Å²) in [5, 5.41) is 4.95. The van der Waals surface area contributed by atoms with E-state index in [2.05, 4.69) is 10.6 Å². The minimum Gasteiger partial charge on any atom is -0.364 e. The zero-order valence-corrected chi connectivity index (χ0v) is 14.3. The van der Waals surface area contributed by atoms with Crippen molar-refractivity contribution < 1.29 is 27.1 Å². The molecule has 9 heteroatoms. The molecule has 0 radical (unpaired) electrons. The van der Waals surface area contributed by atoms with Gasteiger partial charge in [0.2, 0.25) is 5.91 Å². The minimum atomic E-state index is -4.62. The second-order valence-electron chi connectivity index (χ2n) is 6.03. The summed E-state index contributed by atoms with van der Waals surface area (Å²) in [6, 6.07) is 3.49. The molecule has 0 bridgehead atoms. The number of carbonyl (C=O) groups excluding carboxylic acids is 1. The molecule has 1 heterocycles. The summed E-state index contributed by atoms with van der Waals surface area (Å²) in [6.45, 7) is 3.66. The Morgan fingerprint density at radius 1 is 1.40 bits per heavy atom. The average Bonchev–Trinajstić information content (AvgIpc) is 2.57. The fourth-order valence-corrected chi connectivity index (χ4v) is 2.37. The van der Waals surface area contributed by atoms with E-state index in [9.17, 15) is 22.4 Å². The molecule has 0 saturated carbocycles. The smallest absolute Gasteiger partial charge is 0.364 e. The first-order chi connectivity index (χ1) is 11.5. The maximum absolute atomic E-state index is 14.2. The van der Waals surface area contributed by atoms with E-state index in [1.165, 1.54) is 12.1 Å². The molecule has 1 aromatic carbocycles. The topological polar surface area (TPSA) is 50.4 Å². The Hall–Kier alpha value is -2.00. The fourth-order valence-electron chi connectivity index (χ4n) is 2.20. The third-order valence-electron chi connectivity index (χ3n) is 3.24. The molecule has 136 valence electrons. The number of rotatable bonds is 3. The van der Waals surface area contributed by atoms with Gasteiger partial charge < -0.3 is 15.4 Å². The van der Waals surface area contributed by atoms with Crippen LogP contribution in [0.2, 0.25) is 0 Å². The zero-order valence-electron chi connectivity index (χ0n) is 13.5. The lowest BCUT2D eigenvalue weighted by molar-refractivity contribution is -0.150. The number of thiocarbonyl (C=S) groups is 1. The summed E-state index contributed by atoms with van der Waals surface area (Å²) in [5.74, 6) is -1.85. The van der Waals surface area contributed by atoms with Gasteiger partial charge in [-0.25, -0.2) is 4.39 Å². The number of hydrogen-bond acceptors (Lipinski definition) is 3. The van der Waals surface area contributed by atoms with Crippen molar-refractivity contribution in [2.24, 2.45) is 0 Å². The van der Waals surface area contributed by atoms with Crippen molar-refractivity contribution in [1.82, 2.24) is 5.32 Å². The lowest BCUT2D eigenvalue weighted by Crippen LogP contribution is -2.25. The van der Waals surface area contributed by atoms with Crippen molar-refractivity contribution in [3.63, 3.8) is 0 Å². The van der Waals surface area contributed by atoms with Crippen molar-refractivity contribution in [2.75, 3.05) is 11.9 Å². The highest BCUT2D eigenvalue weighted by atomic mass is 32.1. The van der Waals surface area contributed by atoms with Crippen LogP contribution in [0.25, 0.3) is 5.70 Å². The number of anilines is 1. The van der Waals surface area contributed by atoms with E-state index < -0.39 is 29.9 Å². The molecule has 0 unspecified atom stereocenters. The normalized spacial score (nSPS) is 17.4. The number of benzene rings is 1. The van der Waals surface area contributed by atoms with Crippen LogP contribution in [-0.2, 0) is 9.53 Å². The van der Waals surface area contributed by atoms with Gasteiger partial charge >= 0.3 is 6.18 Å². The molecular formula is C16H16F4N2O2S. The number of ether oxygens (including phenoxy) is 1. The van der Waals surface area contributed by atoms with Gasteiger partial charge in [0, 0.05) is 16.9 Å². The van der Waals surface area contributed by atoms with Gasteiger partial charge in [-0.05, 0) is 38.1 Å². The predicted molar refractivity (Wildman–Crippen MR) is 89.4 cm³/mol. The number of alkyl halides is 3. The molecule has 2 rings (SSSR count). The fraction of sp³-hybridized carbons (Fsp3) is 0.375. The highest BCUT2D eigenvalue weighted by molar-refractivity contribution is 7.80. The summed E-state index contributed by atoms with van der Waals surface area (Å²) >= 11 is 5.08. The summed E-state index contributed by atoms with van der Waals surface area (Å²) in [7, 11) is 0. The van der Waals surface area contributed by atoms with E-state index in [-0.39, 0.29) is 17.9 Å².